The van der Waals surface area contributed by atoms with Crippen LogP contribution in [-0.4, -0.2) is 50.9 Å². The van der Waals surface area contributed by atoms with Crippen LogP contribution in [0.1, 0.15) is 68.1 Å². The number of nitrogens with zero attached hydrogens (tertiary/aromatic N) is 1. The molecule has 2 aliphatic rings. The second kappa shape index (κ2) is 11.0. The molecule has 2 N–H and O–H groups in total. The van der Waals surface area contributed by atoms with Gasteiger partial charge in [0.05, 0.1) is 6.61 Å². The Bertz CT molecular complexity index is 568. The van der Waals surface area contributed by atoms with Gasteiger partial charge in [-0.15, -0.1) is 0 Å². The molecule has 4 nitrogen and oxygen atoms in total. The number of nitrogens with two attached hydrogens (primary N) is 1. The molecule has 3 rings (SSSR count). The van der Waals surface area contributed by atoms with Gasteiger partial charge in [0.25, 0.3) is 0 Å². The van der Waals surface area contributed by atoms with E-state index in [1.807, 2.05) is 6.92 Å². The van der Waals surface area contributed by atoms with Crippen molar-refractivity contribution < 1.29 is 9.47 Å². The normalized spacial score (nSPS) is 18.4. The number of aryl methyl sites for hydroxylation is 1. The van der Waals surface area contributed by atoms with Crippen LogP contribution in [0.15, 0.2) is 12.1 Å². The highest BCUT2D eigenvalue weighted by Gasteiger charge is 2.26. The van der Waals surface area contributed by atoms with Gasteiger partial charge in [0.1, 0.15) is 12.4 Å². The number of ether oxygens (including phenoxy) is 2. The summed E-state index contributed by atoms with van der Waals surface area (Å²) in [6, 6.07) is 4.75. The van der Waals surface area contributed by atoms with Crippen molar-refractivity contribution in [2.75, 3.05) is 46.0 Å². The van der Waals surface area contributed by atoms with Crippen LogP contribution in [0.25, 0.3) is 0 Å². The average Bonchev–Trinajstić information content (AvgIpc) is 2.72. The number of fused-ring (bicyclic) bond motifs is 1. The Hall–Kier alpha value is -1.10. The predicted molar refractivity (Wildman–Crippen MR) is 112 cm³/mol. The minimum absolute atomic E-state index is 0.630. The van der Waals surface area contributed by atoms with Gasteiger partial charge in [-0.3, -0.25) is 0 Å². The summed E-state index contributed by atoms with van der Waals surface area (Å²) in [5.41, 5.74) is 10.1. The Labute approximate surface area is 165 Å². The monoisotopic (exact) mass is 374 g/mol. The highest BCUT2D eigenvalue weighted by atomic mass is 16.5. The number of piperidine rings is 1. The van der Waals surface area contributed by atoms with E-state index in [0.717, 1.165) is 19.6 Å². The summed E-state index contributed by atoms with van der Waals surface area (Å²) in [4.78, 5) is 2.61. The van der Waals surface area contributed by atoms with Gasteiger partial charge in [-0.1, -0.05) is 12.1 Å². The first-order valence-electron chi connectivity index (χ1n) is 11.1. The molecule has 0 unspecified atom stereocenters. The maximum absolute atomic E-state index is 6.34. The zero-order valence-corrected chi connectivity index (χ0v) is 17.2. The van der Waals surface area contributed by atoms with Crippen molar-refractivity contribution in [1.29, 1.82) is 0 Å². The molecule has 1 saturated heterocycles. The summed E-state index contributed by atoms with van der Waals surface area (Å²) in [6.07, 6.45) is 9.83. The first kappa shape index (κ1) is 20.6. The van der Waals surface area contributed by atoms with E-state index in [1.165, 1.54) is 87.0 Å². The topological polar surface area (TPSA) is 47.7 Å². The maximum Gasteiger partial charge on any atom is 0.126 e. The number of unbranched alkanes of at least 4 members (excludes halogenated alkanes) is 1. The number of rotatable bonds is 10. The van der Waals surface area contributed by atoms with Crippen LogP contribution in [0.3, 0.4) is 0 Å². The number of hydrogen-bond acceptors (Lipinski definition) is 4. The smallest absolute Gasteiger partial charge is 0.126 e. The Morgan fingerprint density at radius 3 is 2.67 bits per heavy atom. The van der Waals surface area contributed by atoms with E-state index in [1.54, 1.807) is 0 Å². The first-order chi connectivity index (χ1) is 13.3. The van der Waals surface area contributed by atoms with Crippen molar-refractivity contribution in [3.8, 4) is 5.75 Å². The van der Waals surface area contributed by atoms with Gasteiger partial charge in [-0.2, -0.15) is 0 Å². The third-order valence-electron chi connectivity index (χ3n) is 6.14. The van der Waals surface area contributed by atoms with E-state index in [9.17, 15) is 0 Å². The highest BCUT2D eigenvalue weighted by molar-refractivity contribution is 5.49. The summed E-state index contributed by atoms with van der Waals surface area (Å²) in [6.45, 7) is 8.55. The molecule has 1 aliphatic carbocycles. The Morgan fingerprint density at radius 2 is 1.89 bits per heavy atom. The molecule has 0 saturated carbocycles. The molecule has 152 valence electrons. The SMILES string of the molecule is CCOCCOc1c(C2CCN(CCCCN)CC2)ccc2c1CCCC2. The molecular weight excluding hydrogens is 336 g/mol. The summed E-state index contributed by atoms with van der Waals surface area (Å²) < 4.78 is 11.8. The zero-order valence-electron chi connectivity index (χ0n) is 17.2. The molecule has 1 aromatic carbocycles. The molecule has 0 amide bonds. The molecule has 1 aromatic rings. The van der Waals surface area contributed by atoms with Crippen LogP contribution >= 0.6 is 0 Å². The molecule has 0 bridgehead atoms. The van der Waals surface area contributed by atoms with Crippen molar-refractivity contribution in [2.45, 2.75) is 64.2 Å². The number of benzene rings is 1. The van der Waals surface area contributed by atoms with Crippen molar-refractivity contribution in [2.24, 2.45) is 5.73 Å². The fraction of sp³-hybridized carbons (Fsp3) is 0.739. The lowest BCUT2D eigenvalue weighted by atomic mass is 9.83. The van der Waals surface area contributed by atoms with E-state index in [2.05, 4.69) is 17.0 Å². The zero-order chi connectivity index (χ0) is 18.9. The van der Waals surface area contributed by atoms with Crippen LogP contribution < -0.4 is 10.5 Å². The Kier molecular flexibility index (Phi) is 8.43. The van der Waals surface area contributed by atoms with Gasteiger partial charge in [0.15, 0.2) is 0 Å². The largest absolute Gasteiger partial charge is 0.491 e. The van der Waals surface area contributed by atoms with Crippen LogP contribution in [-0.2, 0) is 17.6 Å². The predicted octanol–water partition coefficient (Wildman–Crippen LogP) is 3.90. The molecule has 1 fully saturated rings. The minimum atomic E-state index is 0.630. The van der Waals surface area contributed by atoms with Gasteiger partial charge in [-0.25, -0.2) is 0 Å². The van der Waals surface area contributed by atoms with Gasteiger partial charge in [0.2, 0.25) is 0 Å². The molecule has 27 heavy (non-hydrogen) atoms. The first-order valence-corrected chi connectivity index (χ1v) is 11.1. The number of likely N-dealkylation sites (tertiary alicyclic amines) is 1. The van der Waals surface area contributed by atoms with Gasteiger partial charge in [-0.05, 0) is 107 Å². The van der Waals surface area contributed by atoms with Crippen molar-refractivity contribution in [3.63, 3.8) is 0 Å². The average molecular weight is 375 g/mol. The van der Waals surface area contributed by atoms with Crippen molar-refractivity contribution in [3.05, 3.63) is 28.8 Å². The fourth-order valence-electron chi connectivity index (χ4n) is 4.60. The van der Waals surface area contributed by atoms with Crippen LogP contribution in [0, 0.1) is 0 Å². The fourth-order valence-corrected chi connectivity index (χ4v) is 4.60. The lowest BCUT2D eigenvalue weighted by Crippen LogP contribution is -2.34. The Balaban J connectivity index is 1.67. The lowest BCUT2D eigenvalue weighted by Gasteiger charge is -2.34. The van der Waals surface area contributed by atoms with E-state index < -0.39 is 0 Å². The van der Waals surface area contributed by atoms with Crippen molar-refractivity contribution in [1.82, 2.24) is 4.90 Å². The van der Waals surface area contributed by atoms with Gasteiger partial charge < -0.3 is 20.1 Å². The summed E-state index contributed by atoms with van der Waals surface area (Å²) in [5.74, 6) is 1.83. The second-order valence-corrected chi connectivity index (χ2v) is 7.99. The second-order valence-electron chi connectivity index (χ2n) is 7.99. The quantitative estimate of drug-likeness (QED) is 0.631. The van der Waals surface area contributed by atoms with Crippen LogP contribution in [0.2, 0.25) is 0 Å². The van der Waals surface area contributed by atoms with Crippen LogP contribution in [0.5, 0.6) is 5.75 Å². The van der Waals surface area contributed by atoms with Gasteiger partial charge in [0, 0.05) is 6.61 Å². The van der Waals surface area contributed by atoms with E-state index in [4.69, 9.17) is 15.2 Å². The third kappa shape index (κ3) is 5.69. The molecular formula is C23H38N2O2. The molecule has 1 heterocycles. The van der Waals surface area contributed by atoms with Crippen LogP contribution in [0.4, 0.5) is 0 Å². The van der Waals surface area contributed by atoms with E-state index in [-0.39, 0.29) is 0 Å². The molecule has 0 spiro atoms. The minimum Gasteiger partial charge on any atom is -0.491 e. The summed E-state index contributed by atoms with van der Waals surface area (Å²) >= 11 is 0. The third-order valence-corrected chi connectivity index (χ3v) is 6.14. The maximum atomic E-state index is 6.34. The standard InChI is InChI=1S/C23H38N2O2/c1-2-26-17-18-27-23-21-8-4-3-7-19(21)9-10-22(23)20-11-15-25(16-12-20)14-6-5-13-24/h9-10,20H,2-8,11-18,24H2,1H3. The molecule has 0 radical (unpaired) electrons. The van der Waals surface area contributed by atoms with E-state index >= 15 is 0 Å². The lowest BCUT2D eigenvalue weighted by molar-refractivity contribution is 0.109. The molecule has 0 atom stereocenters. The Morgan fingerprint density at radius 1 is 1.07 bits per heavy atom. The molecule has 1 aliphatic heterocycles. The summed E-state index contributed by atoms with van der Waals surface area (Å²) in [7, 11) is 0. The molecule has 0 aromatic heterocycles. The van der Waals surface area contributed by atoms with Crippen molar-refractivity contribution >= 4 is 0 Å². The van der Waals surface area contributed by atoms with E-state index in [0.29, 0.717) is 19.1 Å². The number of hydrogen-bond donors (Lipinski definition) is 1. The summed E-state index contributed by atoms with van der Waals surface area (Å²) in [5, 5.41) is 0. The molecule has 4 heteroatoms. The van der Waals surface area contributed by atoms with Gasteiger partial charge >= 0.3 is 0 Å². The highest BCUT2D eigenvalue weighted by Crippen LogP contribution is 2.40.